The lowest BCUT2D eigenvalue weighted by Crippen LogP contribution is -2.18. The Balaban J connectivity index is 1.86. The van der Waals surface area contributed by atoms with Gasteiger partial charge in [-0.1, -0.05) is 105 Å². The molecule has 0 heteroatoms. The normalized spacial score (nSPS) is 12.8. The highest BCUT2D eigenvalue weighted by Crippen LogP contribution is 2.33. The van der Waals surface area contributed by atoms with Gasteiger partial charge in [0.1, 0.15) is 0 Å². The first-order valence-corrected chi connectivity index (χ1v) is 9.12. The highest BCUT2D eigenvalue weighted by atomic mass is 14.3. The van der Waals surface area contributed by atoms with E-state index in [-0.39, 0.29) is 5.41 Å². The van der Waals surface area contributed by atoms with Crippen LogP contribution in [-0.2, 0) is 5.41 Å². The highest BCUT2D eigenvalue weighted by molar-refractivity contribution is 5.41. The first kappa shape index (κ1) is 17.5. The van der Waals surface area contributed by atoms with E-state index in [4.69, 9.17) is 0 Å². The maximum absolute atomic E-state index is 2.30. The van der Waals surface area contributed by atoms with Crippen molar-refractivity contribution >= 4 is 0 Å². The summed E-state index contributed by atoms with van der Waals surface area (Å²) in [6.45, 7) is 11.2. The number of rotatable bonds is 4. The van der Waals surface area contributed by atoms with Gasteiger partial charge in [-0.25, -0.2) is 0 Å². The summed E-state index contributed by atoms with van der Waals surface area (Å²) in [6, 6.07) is 26.9. The number of aryl methyl sites for hydroxylation is 2. The molecule has 3 aromatic carbocycles. The molecule has 0 radical (unpaired) electrons. The summed E-state index contributed by atoms with van der Waals surface area (Å²) in [4.78, 5) is 0. The van der Waals surface area contributed by atoms with Crippen LogP contribution in [0, 0.1) is 13.8 Å². The molecule has 0 spiro atoms. The van der Waals surface area contributed by atoms with Crippen LogP contribution in [0.5, 0.6) is 0 Å². The Morgan fingerprint density at radius 2 is 0.880 bits per heavy atom. The standard InChI is InChI=1S/C25H28/c1-18-6-10-21(11-7-18)20(3)22-12-16-24(17-13-22)25(4,5)23-14-8-19(2)9-15-23/h6-17,20H,1-5H3. The molecular formula is C25H28. The average Bonchev–Trinajstić information content (AvgIpc) is 2.62. The molecule has 0 aliphatic carbocycles. The fraction of sp³-hybridized carbons (Fsp3) is 0.280. The van der Waals surface area contributed by atoms with E-state index in [9.17, 15) is 0 Å². The van der Waals surface area contributed by atoms with E-state index in [1.165, 1.54) is 33.4 Å². The van der Waals surface area contributed by atoms with Crippen molar-refractivity contribution in [1.82, 2.24) is 0 Å². The third-order valence-corrected chi connectivity index (χ3v) is 5.48. The first-order chi connectivity index (χ1) is 11.9. The maximum Gasteiger partial charge on any atom is 0.0146 e. The van der Waals surface area contributed by atoms with Crippen LogP contribution in [-0.4, -0.2) is 0 Å². The fourth-order valence-corrected chi connectivity index (χ4v) is 3.37. The minimum atomic E-state index is 0.0132. The Bertz CT molecular complexity index is 819. The van der Waals surface area contributed by atoms with Crippen molar-refractivity contribution in [3.05, 3.63) is 106 Å². The van der Waals surface area contributed by atoms with Crippen LogP contribution in [0.1, 0.15) is 60.1 Å². The smallest absolute Gasteiger partial charge is 0.0146 e. The number of hydrogen-bond donors (Lipinski definition) is 0. The molecule has 0 N–H and O–H groups in total. The molecule has 0 heterocycles. The van der Waals surface area contributed by atoms with Gasteiger partial charge < -0.3 is 0 Å². The lowest BCUT2D eigenvalue weighted by Gasteiger charge is -2.27. The minimum Gasteiger partial charge on any atom is -0.0590 e. The van der Waals surface area contributed by atoms with E-state index in [0.717, 1.165) is 0 Å². The van der Waals surface area contributed by atoms with E-state index < -0.39 is 0 Å². The summed E-state index contributed by atoms with van der Waals surface area (Å²) >= 11 is 0. The Morgan fingerprint density at radius 3 is 1.32 bits per heavy atom. The zero-order chi connectivity index (χ0) is 18.0. The van der Waals surface area contributed by atoms with Crippen molar-refractivity contribution in [2.45, 2.75) is 46.0 Å². The lowest BCUT2D eigenvalue weighted by atomic mass is 9.77. The number of benzene rings is 3. The molecule has 0 saturated heterocycles. The molecule has 0 amide bonds. The summed E-state index contributed by atoms with van der Waals surface area (Å²) in [5, 5.41) is 0. The highest BCUT2D eigenvalue weighted by Gasteiger charge is 2.23. The number of hydrogen-bond acceptors (Lipinski definition) is 0. The molecule has 25 heavy (non-hydrogen) atoms. The molecule has 1 atom stereocenters. The second kappa shape index (κ2) is 6.88. The third kappa shape index (κ3) is 3.69. The Labute approximate surface area is 152 Å². The van der Waals surface area contributed by atoms with Gasteiger partial charge in [-0.3, -0.25) is 0 Å². The van der Waals surface area contributed by atoms with Crippen molar-refractivity contribution in [3.8, 4) is 0 Å². The van der Waals surface area contributed by atoms with Gasteiger partial charge in [0.2, 0.25) is 0 Å². The van der Waals surface area contributed by atoms with Gasteiger partial charge in [0.15, 0.2) is 0 Å². The van der Waals surface area contributed by atoms with E-state index in [1.54, 1.807) is 0 Å². The van der Waals surface area contributed by atoms with Crippen LogP contribution in [0.4, 0.5) is 0 Å². The second-order valence-corrected chi connectivity index (χ2v) is 7.75. The van der Waals surface area contributed by atoms with E-state index >= 15 is 0 Å². The van der Waals surface area contributed by atoms with Crippen LogP contribution in [0.25, 0.3) is 0 Å². The van der Waals surface area contributed by atoms with Gasteiger partial charge in [0, 0.05) is 11.3 Å². The maximum atomic E-state index is 2.30. The van der Waals surface area contributed by atoms with Crippen LogP contribution in [0.2, 0.25) is 0 Å². The van der Waals surface area contributed by atoms with Crippen molar-refractivity contribution < 1.29 is 0 Å². The molecule has 0 aromatic heterocycles. The molecule has 0 saturated carbocycles. The van der Waals surface area contributed by atoms with Gasteiger partial charge >= 0.3 is 0 Å². The third-order valence-electron chi connectivity index (χ3n) is 5.48. The molecule has 0 nitrogen and oxygen atoms in total. The van der Waals surface area contributed by atoms with E-state index in [2.05, 4.69) is 107 Å². The zero-order valence-electron chi connectivity index (χ0n) is 16.0. The minimum absolute atomic E-state index is 0.0132. The van der Waals surface area contributed by atoms with E-state index in [1.807, 2.05) is 0 Å². The summed E-state index contributed by atoms with van der Waals surface area (Å²) in [7, 11) is 0. The second-order valence-electron chi connectivity index (χ2n) is 7.75. The van der Waals surface area contributed by atoms with Gasteiger partial charge in [-0.05, 0) is 36.1 Å². The van der Waals surface area contributed by atoms with Gasteiger partial charge in [0.05, 0.1) is 0 Å². The van der Waals surface area contributed by atoms with Crippen LogP contribution in [0.15, 0.2) is 72.8 Å². The quantitative estimate of drug-likeness (QED) is 0.495. The van der Waals surface area contributed by atoms with Crippen molar-refractivity contribution in [1.29, 1.82) is 0 Å². The molecule has 0 fully saturated rings. The first-order valence-electron chi connectivity index (χ1n) is 9.12. The summed E-state index contributed by atoms with van der Waals surface area (Å²) in [6.07, 6.45) is 0. The zero-order valence-corrected chi connectivity index (χ0v) is 16.0. The Hall–Kier alpha value is -2.34. The summed E-state index contributed by atoms with van der Waals surface area (Å²) in [5.74, 6) is 0.414. The largest absolute Gasteiger partial charge is 0.0590 e. The van der Waals surface area contributed by atoms with Gasteiger partial charge in [-0.15, -0.1) is 0 Å². The average molecular weight is 328 g/mol. The van der Waals surface area contributed by atoms with Gasteiger partial charge in [0.25, 0.3) is 0 Å². The van der Waals surface area contributed by atoms with E-state index in [0.29, 0.717) is 5.92 Å². The molecule has 0 bridgehead atoms. The molecule has 3 rings (SSSR count). The SMILES string of the molecule is Cc1ccc(C(C)c2ccc(C(C)(C)c3ccc(C)cc3)cc2)cc1. The predicted molar refractivity (Wildman–Crippen MR) is 108 cm³/mol. The molecule has 0 aliphatic heterocycles. The summed E-state index contributed by atoms with van der Waals surface area (Å²) < 4.78 is 0. The fourth-order valence-electron chi connectivity index (χ4n) is 3.37. The molecule has 128 valence electrons. The summed E-state index contributed by atoms with van der Waals surface area (Å²) in [5.41, 5.74) is 8.09. The molecule has 3 aromatic rings. The van der Waals surface area contributed by atoms with Crippen LogP contribution >= 0.6 is 0 Å². The topological polar surface area (TPSA) is 0 Å². The monoisotopic (exact) mass is 328 g/mol. The van der Waals surface area contributed by atoms with Crippen LogP contribution in [0.3, 0.4) is 0 Å². The molecule has 1 unspecified atom stereocenters. The molecular weight excluding hydrogens is 300 g/mol. The lowest BCUT2D eigenvalue weighted by molar-refractivity contribution is 0.640. The predicted octanol–water partition coefficient (Wildman–Crippen LogP) is 6.78. The van der Waals surface area contributed by atoms with Gasteiger partial charge in [-0.2, -0.15) is 0 Å². The van der Waals surface area contributed by atoms with Crippen LogP contribution < -0.4 is 0 Å². The molecule has 0 aliphatic rings. The van der Waals surface area contributed by atoms with Crippen molar-refractivity contribution in [3.63, 3.8) is 0 Å². The Kier molecular flexibility index (Phi) is 4.81. The Morgan fingerprint density at radius 1 is 0.560 bits per heavy atom. The van der Waals surface area contributed by atoms with Crippen molar-refractivity contribution in [2.75, 3.05) is 0 Å². The van der Waals surface area contributed by atoms with Crippen molar-refractivity contribution in [2.24, 2.45) is 0 Å².